The number of halogens is 1. The van der Waals surface area contributed by atoms with E-state index in [2.05, 4.69) is 15.9 Å². The molecule has 0 spiro atoms. The van der Waals surface area contributed by atoms with Crippen LogP contribution in [0.25, 0.3) is 0 Å². The van der Waals surface area contributed by atoms with Crippen molar-refractivity contribution in [3.05, 3.63) is 0 Å². The van der Waals surface area contributed by atoms with E-state index in [1.54, 1.807) is 27.7 Å². The monoisotopic (exact) mass is 234 g/mol. The predicted octanol–water partition coefficient (Wildman–Crippen LogP) is 1.54. The second kappa shape index (κ2) is 2.53. The summed E-state index contributed by atoms with van der Waals surface area (Å²) in [5.41, 5.74) is -1.53. The number of hydrogen-bond acceptors (Lipinski definition) is 2. The van der Waals surface area contributed by atoms with Crippen LogP contribution < -0.4 is 0 Å². The van der Waals surface area contributed by atoms with Crippen LogP contribution in [-0.2, 0) is 10.0 Å². The van der Waals surface area contributed by atoms with Gasteiger partial charge in [-0.2, -0.15) is 0 Å². The molecule has 1 saturated heterocycles. The van der Waals surface area contributed by atoms with Crippen molar-refractivity contribution in [2.45, 2.75) is 43.6 Å². The Hall–Kier alpha value is 0.0700. The summed E-state index contributed by atoms with van der Waals surface area (Å²) in [6, 6.07) is 0. The van der Waals surface area contributed by atoms with E-state index < -0.39 is 11.1 Å². The summed E-state index contributed by atoms with van der Waals surface area (Å²) in [6.07, 6.45) is 0. The van der Waals surface area contributed by atoms with Gasteiger partial charge in [0.1, 0.15) is 5.54 Å². The first-order valence-electron chi connectivity index (χ1n) is 3.88. The molecule has 1 fully saturated rings. The third-order valence-corrected chi connectivity index (χ3v) is 4.02. The predicted molar refractivity (Wildman–Crippen MR) is 48.4 cm³/mol. The summed E-state index contributed by atoms with van der Waals surface area (Å²) in [6.45, 7) is 6.86. The van der Waals surface area contributed by atoms with Crippen molar-refractivity contribution in [3.63, 3.8) is 0 Å². The van der Waals surface area contributed by atoms with Gasteiger partial charge < -0.3 is 0 Å². The van der Waals surface area contributed by atoms with Gasteiger partial charge in [0.05, 0.1) is 10.4 Å². The van der Waals surface area contributed by atoms with E-state index in [4.69, 9.17) is 0 Å². The number of nitrogens with zero attached hydrogens (tertiary/aromatic N) is 1. The van der Waals surface area contributed by atoms with E-state index in [9.17, 15) is 10.0 Å². The maximum atomic E-state index is 11.6. The van der Waals surface area contributed by atoms with Gasteiger partial charge in [0.15, 0.2) is 5.78 Å². The molecule has 1 unspecified atom stereocenters. The quantitative estimate of drug-likeness (QED) is 0.597. The molecule has 1 rings (SSSR count). The minimum Gasteiger partial charge on any atom is -0.296 e. The zero-order valence-electron chi connectivity index (χ0n) is 7.72. The zero-order valence-corrected chi connectivity index (χ0v) is 9.31. The van der Waals surface area contributed by atoms with Crippen LogP contribution in [0.1, 0.15) is 27.7 Å². The second-order valence-electron chi connectivity index (χ2n) is 4.23. The van der Waals surface area contributed by atoms with Gasteiger partial charge in [0.2, 0.25) is 0 Å². The Balaban J connectivity index is 3.12. The molecular weight excluding hydrogens is 222 g/mol. The molecule has 1 atom stereocenters. The molecule has 1 radical (unpaired) electrons. The third-order valence-electron chi connectivity index (χ3n) is 2.48. The van der Waals surface area contributed by atoms with Gasteiger partial charge in [-0.3, -0.25) is 4.79 Å². The number of alkyl halides is 1. The Bertz CT molecular complexity index is 225. The Labute approximate surface area is 80.8 Å². The molecule has 0 aromatic heterocycles. The van der Waals surface area contributed by atoms with Crippen LogP contribution in [0.5, 0.6) is 0 Å². The van der Waals surface area contributed by atoms with Gasteiger partial charge in [0.25, 0.3) is 0 Å². The fourth-order valence-electron chi connectivity index (χ4n) is 1.55. The first-order chi connectivity index (χ1) is 5.22. The van der Waals surface area contributed by atoms with Crippen LogP contribution >= 0.6 is 15.9 Å². The van der Waals surface area contributed by atoms with Crippen molar-refractivity contribution >= 4 is 21.7 Å². The molecule has 1 aliphatic rings. The van der Waals surface area contributed by atoms with Crippen molar-refractivity contribution in [3.8, 4) is 0 Å². The molecule has 0 aromatic rings. The summed E-state index contributed by atoms with van der Waals surface area (Å²) in [5, 5.41) is 12.5. The second-order valence-corrected chi connectivity index (χ2v) is 5.15. The minimum absolute atomic E-state index is 0.0394. The van der Waals surface area contributed by atoms with Crippen molar-refractivity contribution < 1.29 is 10.0 Å². The Morgan fingerprint density at radius 2 is 1.75 bits per heavy atom. The van der Waals surface area contributed by atoms with Gasteiger partial charge in [-0.1, -0.05) is 15.9 Å². The maximum absolute atomic E-state index is 11.6. The van der Waals surface area contributed by atoms with Crippen molar-refractivity contribution in [1.29, 1.82) is 0 Å². The molecule has 12 heavy (non-hydrogen) atoms. The van der Waals surface area contributed by atoms with Crippen LogP contribution in [0.3, 0.4) is 0 Å². The smallest absolute Gasteiger partial charge is 0.170 e. The van der Waals surface area contributed by atoms with Crippen LogP contribution in [0.15, 0.2) is 0 Å². The van der Waals surface area contributed by atoms with Gasteiger partial charge >= 0.3 is 0 Å². The Kier molecular flexibility index (Phi) is 2.14. The standard InChI is InChI=1S/C8H13BrNO2/c1-7(2)5(9)6(11)8(3,4)10(7)12/h5H,1-4H3. The average molecular weight is 235 g/mol. The zero-order chi connectivity index (χ0) is 9.73. The van der Waals surface area contributed by atoms with E-state index in [0.29, 0.717) is 0 Å². The number of hydroxylamine groups is 2. The number of rotatable bonds is 0. The van der Waals surface area contributed by atoms with Crippen molar-refractivity contribution in [2.24, 2.45) is 0 Å². The van der Waals surface area contributed by atoms with Crippen LogP contribution in [0.4, 0.5) is 0 Å². The summed E-state index contributed by atoms with van der Waals surface area (Å²) < 4.78 is 0. The van der Waals surface area contributed by atoms with Crippen LogP contribution in [0.2, 0.25) is 0 Å². The molecule has 0 N–H and O–H groups in total. The number of ketones is 1. The average Bonchev–Trinajstić information content (AvgIpc) is 2.06. The summed E-state index contributed by atoms with van der Waals surface area (Å²) >= 11 is 3.25. The molecule has 69 valence electrons. The van der Waals surface area contributed by atoms with Crippen LogP contribution in [0, 0.1) is 0 Å². The lowest BCUT2D eigenvalue weighted by Gasteiger charge is -2.30. The summed E-state index contributed by atoms with van der Waals surface area (Å²) in [4.78, 5) is 11.2. The van der Waals surface area contributed by atoms with Crippen LogP contribution in [-0.4, -0.2) is 26.8 Å². The maximum Gasteiger partial charge on any atom is 0.170 e. The van der Waals surface area contributed by atoms with Crippen molar-refractivity contribution in [1.82, 2.24) is 5.06 Å². The van der Waals surface area contributed by atoms with Gasteiger partial charge in [-0.25, -0.2) is 0 Å². The highest BCUT2D eigenvalue weighted by Crippen LogP contribution is 2.40. The van der Waals surface area contributed by atoms with E-state index in [1.807, 2.05) is 0 Å². The van der Waals surface area contributed by atoms with Crippen molar-refractivity contribution in [2.75, 3.05) is 0 Å². The molecule has 0 bridgehead atoms. The lowest BCUT2D eigenvalue weighted by Crippen LogP contribution is -2.47. The van der Waals surface area contributed by atoms with Gasteiger partial charge in [0, 0.05) is 0 Å². The number of hydrogen-bond donors (Lipinski definition) is 0. The highest BCUT2D eigenvalue weighted by Gasteiger charge is 2.58. The van der Waals surface area contributed by atoms with Gasteiger partial charge in [-0.05, 0) is 27.7 Å². The Morgan fingerprint density at radius 3 is 1.83 bits per heavy atom. The summed E-state index contributed by atoms with van der Waals surface area (Å²) in [5.74, 6) is -0.0394. The normalized spacial score (nSPS) is 34.2. The molecule has 1 aliphatic heterocycles. The fourth-order valence-corrected chi connectivity index (χ4v) is 2.30. The molecule has 0 saturated carbocycles. The highest BCUT2D eigenvalue weighted by molar-refractivity contribution is 9.10. The lowest BCUT2D eigenvalue weighted by atomic mass is 9.99. The fraction of sp³-hybridized carbons (Fsp3) is 0.875. The van der Waals surface area contributed by atoms with E-state index in [-0.39, 0.29) is 10.6 Å². The van der Waals surface area contributed by atoms with E-state index in [0.717, 1.165) is 5.06 Å². The molecule has 0 amide bonds. The highest BCUT2D eigenvalue weighted by atomic mass is 79.9. The van der Waals surface area contributed by atoms with E-state index >= 15 is 0 Å². The minimum atomic E-state index is -0.891. The molecule has 4 heteroatoms. The number of Topliss-reactive ketones (excluding diaryl/α,β-unsaturated/α-hetero) is 1. The Morgan fingerprint density at radius 1 is 1.33 bits per heavy atom. The first kappa shape index (κ1) is 10.2. The van der Waals surface area contributed by atoms with E-state index in [1.165, 1.54) is 0 Å². The number of carbonyl (C=O) groups is 1. The molecular formula is C8H13BrNO2. The van der Waals surface area contributed by atoms with Gasteiger partial charge in [-0.15, -0.1) is 10.3 Å². The topological polar surface area (TPSA) is 40.2 Å². The molecule has 0 aliphatic carbocycles. The summed E-state index contributed by atoms with van der Waals surface area (Å²) in [7, 11) is 0. The SMILES string of the molecule is CC1(C)C(=O)C(Br)C(C)(C)N1[O]. The largest absolute Gasteiger partial charge is 0.296 e. The first-order valence-corrected chi connectivity index (χ1v) is 4.80. The number of carbonyl (C=O) groups excluding carboxylic acids is 1. The third kappa shape index (κ3) is 1.05. The molecule has 0 aromatic carbocycles. The molecule has 1 heterocycles. The lowest BCUT2D eigenvalue weighted by molar-refractivity contribution is -0.241. The molecule has 3 nitrogen and oxygen atoms in total.